The maximum atomic E-state index is 13.5. The SMILES string of the molecule is C=N/C(=C\C=C/C)C1CC(C)(C)n2ncc(C(=O)N3CCC(Cc4ccccc4)CC3)c2N1. The van der Waals surface area contributed by atoms with Crippen LogP contribution < -0.4 is 5.32 Å². The highest BCUT2D eigenvalue weighted by Crippen LogP contribution is 2.37. The Balaban J connectivity index is 1.48. The van der Waals surface area contributed by atoms with E-state index in [1.54, 1.807) is 6.20 Å². The van der Waals surface area contributed by atoms with Gasteiger partial charge >= 0.3 is 0 Å². The summed E-state index contributed by atoms with van der Waals surface area (Å²) >= 11 is 0. The Hall–Kier alpha value is -3.15. The van der Waals surface area contributed by atoms with Gasteiger partial charge in [-0.2, -0.15) is 5.10 Å². The van der Waals surface area contributed by atoms with Crippen molar-refractivity contribution in [2.24, 2.45) is 10.9 Å². The van der Waals surface area contributed by atoms with Crippen molar-refractivity contribution in [1.29, 1.82) is 0 Å². The summed E-state index contributed by atoms with van der Waals surface area (Å²) in [4.78, 5) is 19.7. The molecule has 1 aromatic heterocycles. The van der Waals surface area contributed by atoms with Gasteiger partial charge in [-0.15, -0.1) is 0 Å². The number of fused-ring (bicyclic) bond motifs is 1. The van der Waals surface area contributed by atoms with Gasteiger partial charge in [-0.05, 0) is 70.7 Å². The molecule has 0 spiro atoms. The minimum atomic E-state index is -0.244. The normalized spacial score (nSPS) is 21.0. The van der Waals surface area contributed by atoms with Gasteiger partial charge in [0, 0.05) is 13.1 Å². The standard InChI is InChI=1S/C27H35N5O/c1-5-6-12-23(28-4)24-18-27(2,3)32-25(30-24)22(19-29-32)26(33)31-15-13-21(14-16-31)17-20-10-8-7-9-11-20/h5-12,19,21,24,30H,4,13-18H2,1-3H3/b6-5-,23-12-. The molecule has 1 N–H and O–H groups in total. The Morgan fingerprint density at radius 3 is 2.67 bits per heavy atom. The number of likely N-dealkylation sites (tertiary alicyclic amines) is 1. The average Bonchev–Trinajstić information content (AvgIpc) is 3.25. The van der Waals surface area contributed by atoms with Crippen molar-refractivity contribution in [2.45, 2.75) is 58.0 Å². The Morgan fingerprint density at radius 1 is 1.27 bits per heavy atom. The highest BCUT2D eigenvalue weighted by molar-refractivity contribution is 5.99. The summed E-state index contributed by atoms with van der Waals surface area (Å²) in [5.74, 6) is 1.46. The fourth-order valence-corrected chi connectivity index (χ4v) is 5.02. The summed E-state index contributed by atoms with van der Waals surface area (Å²) in [5.41, 5.74) is 2.65. The minimum Gasteiger partial charge on any atom is -0.361 e. The molecule has 0 bridgehead atoms. The lowest BCUT2D eigenvalue weighted by atomic mass is 9.89. The van der Waals surface area contributed by atoms with Crippen LogP contribution in [0.4, 0.5) is 5.82 Å². The molecule has 0 radical (unpaired) electrons. The van der Waals surface area contributed by atoms with E-state index in [4.69, 9.17) is 0 Å². The first-order valence-electron chi connectivity index (χ1n) is 11.9. The van der Waals surface area contributed by atoms with Crippen molar-refractivity contribution in [2.75, 3.05) is 18.4 Å². The number of aromatic nitrogens is 2. The van der Waals surface area contributed by atoms with Crippen molar-refractivity contribution in [3.63, 3.8) is 0 Å². The number of hydrogen-bond donors (Lipinski definition) is 1. The van der Waals surface area contributed by atoms with E-state index in [1.807, 2.05) is 34.7 Å². The van der Waals surface area contributed by atoms with Crippen molar-refractivity contribution in [3.8, 4) is 0 Å². The molecule has 2 aliphatic heterocycles. The molecule has 1 amide bonds. The van der Waals surface area contributed by atoms with Crippen LogP contribution in [0, 0.1) is 5.92 Å². The van der Waals surface area contributed by atoms with Crippen molar-refractivity contribution in [3.05, 3.63) is 71.6 Å². The number of piperidine rings is 1. The van der Waals surface area contributed by atoms with Gasteiger partial charge in [0.25, 0.3) is 5.91 Å². The van der Waals surface area contributed by atoms with E-state index < -0.39 is 0 Å². The maximum absolute atomic E-state index is 13.5. The quantitative estimate of drug-likeness (QED) is 0.499. The van der Waals surface area contributed by atoms with E-state index >= 15 is 0 Å². The predicted molar refractivity (Wildman–Crippen MR) is 135 cm³/mol. The molecule has 2 aliphatic rings. The predicted octanol–water partition coefficient (Wildman–Crippen LogP) is 5.06. The lowest BCUT2D eigenvalue weighted by Gasteiger charge is -2.38. The van der Waals surface area contributed by atoms with Crippen LogP contribution in [0.1, 0.15) is 56.0 Å². The zero-order chi connectivity index (χ0) is 23.4. The monoisotopic (exact) mass is 445 g/mol. The number of amides is 1. The Morgan fingerprint density at radius 2 is 2.00 bits per heavy atom. The molecular weight excluding hydrogens is 410 g/mol. The summed E-state index contributed by atoms with van der Waals surface area (Å²) < 4.78 is 1.95. The molecular formula is C27H35N5O. The number of carbonyl (C=O) groups excluding carboxylic acids is 1. The van der Waals surface area contributed by atoms with E-state index in [2.05, 4.69) is 66.3 Å². The Labute approximate surface area is 197 Å². The van der Waals surface area contributed by atoms with Crippen LogP contribution in [-0.4, -0.2) is 46.4 Å². The van der Waals surface area contributed by atoms with Crippen LogP contribution >= 0.6 is 0 Å². The van der Waals surface area contributed by atoms with Gasteiger partial charge in [-0.1, -0.05) is 42.5 Å². The number of benzene rings is 1. The number of hydrogen-bond acceptors (Lipinski definition) is 4. The second-order valence-corrected chi connectivity index (χ2v) is 9.73. The summed E-state index contributed by atoms with van der Waals surface area (Å²) in [6.07, 6.45) is 11.6. The highest BCUT2D eigenvalue weighted by Gasteiger charge is 2.38. The first-order valence-corrected chi connectivity index (χ1v) is 11.9. The van der Waals surface area contributed by atoms with Gasteiger partial charge in [0.15, 0.2) is 0 Å². The topological polar surface area (TPSA) is 62.5 Å². The summed E-state index contributed by atoms with van der Waals surface area (Å²) in [5, 5.41) is 8.14. The number of anilines is 1. The lowest BCUT2D eigenvalue weighted by molar-refractivity contribution is 0.0691. The molecule has 2 aromatic rings. The van der Waals surface area contributed by atoms with Crippen LogP contribution in [0.3, 0.4) is 0 Å². The number of allylic oxidation sites excluding steroid dienone is 3. The Bertz CT molecular complexity index is 1040. The van der Waals surface area contributed by atoms with E-state index in [0.717, 1.165) is 50.3 Å². The number of aliphatic imine (C=N–C) groups is 1. The van der Waals surface area contributed by atoms with E-state index in [-0.39, 0.29) is 17.5 Å². The molecule has 33 heavy (non-hydrogen) atoms. The van der Waals surface area contributed by atoms with Gasteiger partial charge in [0.1, 0.15) is 11.4 Å². The van der Waals surface area contributed by atoms with Crippen LogP contribution in [-0.2, 0) is 12.0 Å². The number of carbonyl (C=O) groups is 1. The second kappa shape index (κ2) is 9.77. The van der Waals surface area contributed by atoms with Crippen molar-refractivity contribution < 1.29 is 4.79 Å². The third-order valence-electron chi connectivity index (χ3n) is 6.86. The first kappa shape index (κ1) is 23.0. The smallest absolute Gasteiger partial charge is 0.259 e. The lowest BCUT2D eigenvalue weighted by Crippen LogP contribution is -2.43. The van der Waals surface area contributed by atoms with Crippen LogP contribution in [0.2, 0.25) is 0 Å². The van der Waals surface area contributed by atoms with Crippen LogP contribution in [0.5, 0.6) is 0 Å². The first-order chi connectivity index (χ1) is 15.9. The third kappa shape index (κ3) is 4.95. The van der Waals surface area contributed by atoms with Crippen LogP contribution in [0.25, 0.3) is 0 Å². The molecule has 1 fully saturated rings. The molecule has 174 valence electrons. The summed E-state index contributed by atoms with van der Waals surface area (Å²) in [6, 6.07) is 10.6. The third-order valence-corrected chi connectivity index (χ3v) is 6.86. The summed E-state index contributed by atoms with van der Waals surface area (Å²) in [6.45, 7) is 11.6. The average molecular weight is 446 g/mol. The van der Waals surface area contributed by atoms with Gasteiger partial charge in [-0.3, -0.25) is 9.79 Å². The zero-order valence-electron chi connectivity index (χ0n) is 20.0. The second-order valence-electron chi connectivity index (χ2n) is 9.73. The largest absolute Gasteiger partial charge is 0.361 e. The number of nitrogens with one attached hydrogen (secondary N) is 1. The maximum Gasteiger partial charge on any atom is 0.259 e. The number of nitrogens with zero attached hydrogens (tertiary/aromatic N) is 4. The van der Waals surface area contributed by atoms with Gasteiger partial charge in [0.2, 0.25) is 0 Å². The van der Waals surface area contributed by atoms with Crippen molar-refractivity contribution in [1.82, 2.24) is 14.7 Å². The molecule has 1 atom stereocenters. The van der Waals surface area contributed by atoms with E-state index in [9.17, 15) is 4.79 Å². The van der Waals surface area contributed by atoms with Gasteiger partial charge < -0.3 is 10.2 Å². The molecule has 6 heteroatoms. The van der Waals surface area contributed by atoms with Gasteiger partial charge in [0.05, 0.1) is 23.5 Å². The fraction of sp³-hybridized carbons (Fsp3) is 0.444. The molecule has 1 saturated heterocycles. The highest BCUT2D eigenvalue weighted by atomic mass is 16.2. The minimum absolute atomic E-state index is 0.0268. The molecule has 3 heterocycles. The van der Waals surface area contributed by atoms with E-state index in [0.29, 0.717) is 11.5 Å². The van der Waals surface area contributed by atoms with E-state index in [1.165, 1.54) is 5.56 Å². The fourth-order valence-electron chi connectivity index (χ4n) is 5.02. The van der Waals surface area contributed by atoms with Crippen molar-refractivity contribution >= 4 is 18.4 Å². The number of rotatable bonds is 6. The molecule has 0 saturated carbocycles. The zero-order valence-corrected chi connectivity index (χ0v) is 20.0. The van der Waals surface area contributed by atoms with Gasteiger partial charge in [-0.25, -0.2) is 4.68 Å². The summed E-state index contributed by atoms with van der Waals surface area (Å²) in [7, 11) is 0. The molecule has 0 aliphatic carbocycles. The molecule has 1 unspecified atom stereocenters. The molecule has 1 aromatic carbocycles. The van der Waals surface area contributed by atoms with Crippen LogP contribution in [0.15, 0.2) is 65.4 Å². The molecule has 4 rings (SSSR count). The molecule has 6 nitrogen and oxygen atoms in total. The Kier molecular flexibility index (Phi) is 6.82.